The second-order valence-corrected chi connectivity index (χ2v) is 8.49. The van der Waals surface area contributed by atoms with E-state index < -0.39 is 9.84 Å². The van der Waals surface area contributed by atoms with Crippen LogP contribution in [-0.2, 0) is 22.8 Å². The van der Waals surface area contributed by atoms with E-state index in [1.807, 2.05) is 31.2 Å². The fraction of sp³-hybridized carbons (Fsp3) is 0.471. The van der Waals surface area contributed by atoms with Gasteiger partial charge in [-0.1, -0.05) is 25.1 Å². The van der Waals surface area contributed by atoms with E-state index in [2.05, 4.69) is 5.32 Å². The van der Waals surface area contributed by atoms with Crippen molar-refractivity contribution in [1.29, 1.82) is 0 Å². The number of carbonyl (C=O) groups excluding carboxylic acids is 1. The first kappa shape index (κ1) is 16.8. The smallest absolute Gasteiger partial charge is 0.317 e. The third-order valence-corrected chi connectivity index (χ3v) is 6.17. The maximum absolute atomic E-state index is 12.4. The number of hydrogen-bond donors (Lipinski definition) is 1. The monoisotopic (exact) mass is 350 g/mol. The molecule has 2 aromatic rings. The summed E-state index contributed by atoms with van der Waals surface area (Å²) in [7, 11) is -1.30. The largest absolute Gasteiger partial charge is 0.461 e. The van der Waals surface area contributed by atoms with Crippen LogP contribution in [0.4, 0.5) is 4.79 Å². The van der Waals surface area contributed by atoms with E-state index in [-0.39, 0.29) is 23.6 Å². The second kappa shape index (κ2) is 6.47. The highest BCUT2D eigenvalue weighted by atomic mass is 32.2. The maximum atomic E-state index is 12.4. The van der Waals surface area contributed by atoms with Gasteiger partial charge < -0.3 is 14.6 Å². The molecule has 1 aliphatic heterocycles. The molecular weight excluding hydrogens is 328 g/mol. The van der Waals surface area contributed by atoms with Crippen LogP contribution in [0.1, 0.15) is 24.7 Å². The van der Waals surface area contributed by atoms with Gasteiger partial charge in [-0.3, -0.25) is 0 Å². The van der Waals surface area contributed by atoms with E-state index in [9.17, 15) is 13.2 Å². The molecule has 24 heavy (non-hydrogen) atoms. The van der Waals surface area contributed by atoms with Crippen LogP contribution in [0.25, 0.3) is 11.0 Å². The Hall–Kier alpha value is -2.02. The van der Waals surface area contributed by atoms with Crippen molar-refractivity contribution in [3.63, 3.8) is 0 Å². The number of furan rings is 1. The van der Waals surface area contributed by atoms with Crippen LogP contribution in [0, 0.1) is 0 Å². The highest BCUT2D eigenvalue weighted by Gasteiger charge is 2.29. The van der Waals surface area contributed by atoms with E-state index in [1.165, 1.54) is 0 Å². The van der Waals surface area contributed by atoms with Gasteiger partial charge in [0.15, 0.2) is 9.84 Å². The van der Waals surface area contributed by atoms with Gasteiger partial charge in [-0.15, -0.1) is 0 Å². The van der Waals surface area contributed by atoms with Crippen LogP contribution in [0.2, 0.25) is 0 Å². The number of carbonyl (C=O) groups is 1. The van der Waals surface area contributed by atoms with E-state index >= 15 is 0 Å². The van der Waals surface area contributed by atoms with E-state index in [0.717, 1.165) is 28.7 Å². The highest BCUT2D eigenvalue weighted by molar-refractivity contribution is 7.91. The second-order valence-electron chi connectivity index (χ2n) is 6.26. The third-order valence-electron chi connectivity index (χ3n) is 4.41. The number of nitrogens with zero attached hydrogens (tertiary/aromatic N) is 1. The van der Waals surface area contributed by atoms with Gasteiger partial charge in [-0.25, -0.2) is 13.2 Å². The van der Waals surface area contributed by atoms with Crippen molar-refractivity contribution >= 4 is 26.8 Å². The van der Waals surface area contributed by atoms with Crippen LogP contribution >= 0.6 is 0 Å². The van der Waals surface area contributed by atoms with Gasteiger partial charge in [-0.05, 0) is 12.5 Å². The molecule has 1 saturated heterocycles. The number of aryl methyl sites for hydroxylation is 1. The van der Waals surface area contributed by atoms with Gasteiger partial charge in [0.05, 0.1) is 18.1 Å². The van der Waals surface area contributed by atoms with Crippen LogP contribution in [0.5, 0.6) is 0 Å². The molecule has 3 rings (SSSR count). The lowest BCUT2D eigenvalue weighted by Gasteiger charge is -2.20. The third kappa shape index (κ3) is 3.40. The average Bonchev–Trinajstić information content (AvgIpc) is 3.07. The van der Waals surface area contributed by atoms with Gasteiger partial charge in [-0.2, -0.15) is 0 Å². The lowest BCUT2D eigenvalue weighted by molar-refractivity contribution is 0.203. The Labute approximate surface area is 141 Å². The molecule has 1 atom stereocenters. The fourth-order valence-electron chi connectivity index (χ4n) is 3.11. The fourth-order valence-corrected chi connectivity index (χ4v) is 4.78. The standard InChI is InChI=1S/C17H22N2O4S/c1-3-15-14(13-6-4-5-7-16(13)23-15)10-19(2)17(20)18-12-8-9-24(21,22)11-12/h4-7,12H,3,8-11H2,1-2H3,(H,18,20). The first-order valence-electron chi connectivity index (χ1n) is 8.11. The van der Waals surface area contributed by atoms with Gasteiger partial charge in [0.1, 0.15) is 11.3 Å². The maximum Gasteiger partial charge on any atom is 0.317 e. The normalized spacial score (nSPS) is 19.5. The summed E-state index contributed by atoms with van der Waals surface area (Å²) < 4.78 is 28.9. The van der Waals surface area contributed by atoms with Gasteiger partial charge in [0.25, 0.3) is 0 Å². The van der Waals surface area contributed by atoms with Crippen LogP contribution in [0.3, 0.4) is 0 Å². The van der Waals surface area contributed by atoms with Crippen molar-refractivity contribution < 1.29 is 17.6 Å². The van der Waals surface area contributed by atoms with Gasteiger partial charge in [0, 0.05) is 30.5 Å². The van der Waals surface area contributed by atoms with Crippen molar-refractivity contribution in [2.75, 3.05) is 18.6 Å². The zero-order chi connectivity index (χ0) is 17.3. The van der Waals surface area contributed by atoms with E-state index in [1.54, 1.807) is 11.9 Å². The summed E-state index contributed by atoms with van der Waals surface area (Å²) in [4.78, 5) is 13.9. The summed E-state index contributed by atoms with van der Waals surface area (Å²) in [6, 6.07) is 7.22. The summed E-state index contributed by atoms with van der Waals surface area (Å²) in [5, 5.41) is 3.82. The molecular formula is C17H22N2O4S. The predicted octanol–water partition coefficient (Wildman–Crippen LogP) is 2.32. The molecule has 7 heteroatoms. The Morgan fingerprint density at radius 1 is 1.38 bits per heavy atom. The average molecular weight is 350 g/mol. The van der Waals surface area contributed by atoms with Crippen molar-refractivity contribution in [3.05, 3.63) is 35.6 Å². The minimum atomic E-state index is -3.00. The molecule has 1 fully saturated rings. The zero-order valence-corrected chi connectivity index (χ0v) is 14.7. The molecule has 1 unspecified atom stereocenters. The minimum absolute atomic E-state index is 0.0292. The SMILES string of the molecule is CCc1oc2ccccc2c1CN(C)C(=O)NC1CCS(=O)(=O)C1. The number of hydrogen-bond acceptors (Lipinski definition) is 4. The molecule has 2 amide bonds. The van der Waals surface area contributed by atoms with Crippen molar-refractivity contribution in [1.82, 2.24) is 10.2 Å². The topological polar surface area (TPSA) is 79.6 Å². The number of urea groups is 1. The Balaban J connectivity index is 1.72. The molecule has 6 nitrogen and oxygen atoms in total. The molecule has 1 N–H and O–H groups in total. The quantitative estimate of drug-likeness (QED) is 0.918. The molecule has 1 aliphatic rings. The molecule has 2 heterocycles. The molecule has 0 spiro atoms. The van der Waals surface area contributed by atoms with E-state index in [0.29, 0.717) is 13.0 Å². The molecule has 1 aromatic heterocycles. The Bertz CT molecular complexity index is 857. The summed E-state index contributed by atoms with van der Waals surface area (Å²) in [5.74, 6) is 1.05. The number of rotatable bonds is 4. The Morgan fingerprint density at radius 2 is 2.12 bits per heavy atom. The van der Waals surface area contributed by atoms with Crippen molar-refractivity contribution in [2.24, 2.45) is 0 Å². The molecule has 0 saturated carbocycles. The lowest BCUT2D eigenvalue weighted by atomic mass is 10.1. The van der Waals surface area contributed by atoms with Gasteiger partial charge in [0.2, 0.25) is 0 Å². The minimum Gasteiger partial charge on any atom is -0.461 e. The summed E-state index contributed by atoms with van der Waals surface area (Å²) >= 11 is 0. The van der Waals surface area contributed by atoms with Crippen molar-refractivity contribution in [3.8, 4) is 0 Å². The summed E-state index contributed by atoms with van der Waals surface area (Å²) in [5.41, 5.74) is 1.82. The Kier molecular flexibility index (Phi) is 4.54. The molecule has 0 radical (unpaired) electrons. The molecule has 1 aromatic carbocycles. The van der Waals surface area contributed by atoms with Crippen molar-refractivity contribution in [2.45, 2.75) is 32.4 Å². The van der Waals surface area contributed by atoms with E-state index in [4.69, 9.17) is 4.42 Å². The first-order chi connectivity index (χ1) is 11.4. The Morgan fingerprint density at radius 3 is 2.79 bits per heavy atom. The predicted molar refractivity (Wildman–Crippen MR) is 92.6 cm³/mol. The molecule has 130 valence electrons. The van der Waals surface area contributed by atoms with Crippen LogP contribution in [-0.4, -0.2) is 43.9 Å². The van der Waals surface area contributed by atoms with Crippen LogP contribution in [0.15, 0.2) is 28.7 Å². The number of nitrogens with one attached hydrogen (secondary N) is 1. The zero-order valence-electron chi connectivity index (χ0n) is 13.9. The lowest BCUT2D eigenvalue weighted by Crippen LogP contribution is -2.43. The molecule has 0 aliphatic carbocycles. The number of para-hydroxylation sites is 1. The first-order valence-corrected chi connectivity index (χ1v) is 9.93. The summed E-state index contributed by atoms with van der Waals surface area (Å²) in [6.45, 7) is 2.44. The number of amides is 2. The molecule has 0 bridgehead atoms. The number of sulfone groups is 1. The number of benzene rings is 1. The highest BCUT2D eigenvalue weighted by Crippen LogP contribution is 2.27. The van der Waals surface area contributed by atoms with Crippen LogP contribution < -0.4 is 5.32 Å². The van der Waals surface area contributed by atoms with Gasteiger partial charge >= 0.3 is 6.03 Å². The number of fused-ring (bicyclic) bond motifs is 1. The summed E-state index contributed by atoms with van der Waals surface area (Å²) in [6.07, 6.45) is 1.23.